The normalized spacial score (nSPS) is 13.7. The minimum atomic E-state index is -4.40. The first-order valence-corrected chi connectivity index (χ1v) is 34.9. The molecular weight excluding hydrogens is 1030 g/mol. The average Bonchev–Trinajstić information content (AvgIpc) is 3.46. The molecule has 81 heavy (non-hydrogen) atoms. The van der Waals surface area contributed by atoms with Gasteiger partial charge in [-0.05, 0) is 103 Å². The first kappa shape index (κ1) is 77.7. The van der Waals surface area contributed by atoms with E-state index < -0.39 is 26.5 Å². The maximum atomic E-state index is 12.7. The van der Waals surface area contributed by atoms with Crippen LogP contribution in [0.2, 0.25) is 0 Å². The number of allylic oxidation sites excluding steroid dienone is 18. The SMILES string of the molecule is CC/C=C\C/C=C\C/C=C\C/C=C\C/C=C\C/C=C\C/C=C\C/C=C\CCCCCCCCCCCCCCCCC(=O)OC(COC(=O)CCCCCCCCCCC/C=C\CCCCCCCCCC)COP(=O)(O)OCCN. The predicted octanol–water partition coefficient (Wildman–Crippen LogP) is 21.7. The third kappa shape index (κ3) is 65.7. The fourth-order valence-corrected chi connectivity index (χ4v) is 10.0. The van der Waals surface area contributed by atoms with E-state index >= 15 is 0 Å². The zero-order valence-corrected chi connectivity index (χ0v) is 53.1. The van der Waals surface area contributed by atoms with E-state index in [-0.39, 0.29) is 38.6 Å². The van der Waals surface area contributed by atoms with E-state index in [9.17, 15) is 19.0 Å². The smallest absolute Gasteiger partial charge is 0.462 e. The van der Waals surface area contributed by atoms with Gasteiger partial charge in [-0.3, -0.25) is 18.6 Å². The summed E-state index contributed by atoms with van der Waals surface area (Å²) in [6.45, 7) is 3.65. The number of unbranched alkanes of at least 4 members (excludes halogenated alkanes) is 31. The molecule has 0 radical (unpaired) electrons. The minimum Gasteiger partial charge on any atom is -0.462 e. The Bertz CT molecular complexity index is 1690. The van der Waals surface area contributed by atoms with Gasteiger partial charge >= 0.3 is 19.8 Å². The van der Waals surface area contributed by atoms with Crippen LogP contribution in [0.4, 0.5) is 0 Å². The van der Waals surface area contributed by atoms with Crippen LogP contribution in [0.3, 0.4) is 0 Å². The van der Waals surface area contributed by atoms with Gasteiger partial charge in [0.1, 0.15) is 6.61 Å². The van der Waals surface area contributed by atoms with Crippen molar-refractivity contribution in [2.24, 2.45) is 5.73 Å². The number of esters is 2. The summed E-state index contributed by atoms with van der Waals surface area (Å²) < 4.78 is 33.1. The highest BCUT2D eigenvalue weighted by Crippen LogP contribution is 2.43. The topological polar surface area (TPSA) is 134 Å². The van der Waals surface area contributed by atoms with Gasteiger partial charge in [-0.1, -0.05) is 290 Å². The Morgan fingerprint density at radius 3 is 1.02 bits per heavy atom. The second kappa shape index (κ2) is 65.8. The molecule has 466 valence electrons. The zero-order chi connectivity index (χ0) is 58.7. The van der Waals surface area contributed by atoms with Gasteiger partial charge in [0.2, 0.25) is 0 Å². The average molecular weight is 1150 g/mol. The molecular formula is C71H124NO8P. The van der Waals surface area contributed by atoms with Crippen LogP contribution in [0.15, 0.2) is 109 Å². The van der Waals surface area contributed by atoms with Gasteiger partial charge in [0, 0.05) is 19.4 Å². The molecule has 10 heteroatoms. The molecule has 2 unspecified atom stereocenters. The second-order valence-electron chi connectivity index (χ2n) is 22.0. The summed E-state index contributed by atoms with van der Waals surface area (Å²) in [6, 6.07) is 0. The van der Waals surface area contributed by atoms with Crippen LogP contribution in [-0.4, -0.2) is 49.3 Å². The van der Waals surface area contributed by atoms with E-state index in [4.69, 9.17) is 24.3 Å². The Labute approximate surface area is 499 Å². The van der Waals surface area contributed by atoms with Gasteiger partial charge in [-0.2, -0.15) is 0 Å². The van der Waals surface area contributed by atoms with Crippen molar-refractivity contribution >= 4 is 19.8 Å². The highest BCUT2D eigenvalue weighted by atomic mass is 31.2. The third-order valence-electron chi connectivity index (χ3n) is 14.1. The lowest BCUT2D eigenvalue weighted by Crippen LogP contribution is -2.29. The molecule has 0 saturated heterocycles. The van der Waals surface area contributed by atoms with Crippen molar-refractivity contribution in [2.75, 3.05) is 26.4 Å². The maximum absolute atomic E-state index is 12.7. The minimum absolute atomic E-state index is 0.0503. The lowest BCUT2D eigenvalue weighted by atomic mass is 10.0. The van der Waals surface area contributed by atoms with Crippen LogP contribution in [0.1, 0.15) is 296 Å². The molecule has 9 nitrogen and oxygen atoms in total. The molecule has 0 saturated carbocycles. The predicted molar refractivity (Wildman–Crippen MR) is 348 cm³/mol. The number of ether oxygens (including phenoxy) is 2. The molecule has 0 aromatic rings. The molecule has 0 aliphatic carbocycles. The van der Waals surface area contributed by atoms with Gasteiger partial charge < -0.3 is 20.1 Å². The molecule has 0 aromatic heterocycles. The highest BCUT2D eigenvalue weighted by Gasteiger charge is 2.26. The number of carbonyl (C=O) groups is 2. The number of phosphoric acid groups is 1. The van der Waals surface area contributed by atoms with E-state index in [0.29, 0.717) is 6.42 Å². The first-order chi connectivity index (χ1) is 39.8. The third-order valence-corrected chi connectivity index (χ3v) is 15.1. The summed E-state index contributed by atoms with van der Waals surface area (Å²) >= 11 is 0. The summed E-state index contributed by atoms with van der Waals surface area (Å²) in [6.07, 6.45) is 90.2. The number of rotatable bonds is 62. The quantitative estimate of drug-likeness (QED) is 0.0264. The highest BCUT2D eigenvalue weighted by molar-refractivity contribution is 7.47. The van der Waals surface area contributed by atoms with E-state index in [0.717, 1.165) is 89.9 Å². The molecule has 0 bridgehead atoms. The van der Waals surface area contributed by atoms with Crippen molar-refractivity contribution in [2.45, 2.75) is 302 Å². The standard InChI is InChI=1S/C71H124NO8P/c1-3-5-7-9-11-13-15-17-19-21-23-25-26-27-28-29-30-31-32-33-34-35-36-37-38-39-40-41-42-44-46-48-50-52-54-56-58-60-62-64-71(74)80-69(68-79-81(75,76)78-66-65-72)67-77-70(73)63-61-59-57-55-53-51-49-47-45-43-24-22-20-18-16-14-12-10-8-6-4-2/h5,7,11,13,17,19,22-25,27-28,30-31,33-34,36-37,69H,3-4,6,8-10,12,14-16,18,20-21,26,29,32,35,38-68,72H2,1-2H3,(H,75,76)/b7-5-,13-11-,19-17-,24-22-,25-23-,28-27-,31-30-,34-33-,37-36-. The van der Waals surface area contributed by atoms with E-state index in [1.54, 1.807) is 0 Å². The number of phosphoric ester groups is 1. The van der Waals surface area contributed by atoms with E-state index in [2.05, 4.69) is 123 Å². The van der Waals surface area contributed by atoms with Crippen molar-refractivity contribution in [3.63, 3.8) is 0 Å². The molecule has 0 aliphatic rings. The first-order valence-electron chi connectivity index (χ1n) is 33.4. The number of nitrogens with two attached hydrogens (primary N) is 1. The summed E-state index contributed by atoms with van der Waals surface area (Å²) in [7, 11) is -4.40. The van der Waals surface area contributed by atoms with Crippen molar-refractivity contribution < 1.29 is 37.6 Å². The van der Waals surface area contributed by atoms with Gasteiger partial charge in [0.15, 0.2) is 6.10 Å². The Kier molecular flexibility index (Phi) is 63.1. The van der Waals surface area contributed by atoms with Crippen LogP contribution in [0, 0.1) is 0 Å². The largest absolute Gasteiger partial charge is 0.472 e. The molecule has 0 aromatic carbocycles. The lowest BCUT2D eigenvalue weighted by molar-refractivity contribution is -0.161. The van der Waals surface area contributed by atoms with Crippen LogP contribution >= 0.6 is 7.82 Å². The van der Waals surface area contributed by atoms with Crippen molar-refractivity contribution in [3.8, 4) is 0 Å². The number of hydrogen-bond donors (Lipinski definition) is 2. The Balaban J connectivity index is 3.90. The Morgan fingerprint density at radius 2 is 0.679 bits per heavy atom. The van der Waals surface area contributed by atoms with Crippen molar-refractivity contribution in [1.29, 1.82) is 0 Å². The number of carbonyl (C=O) groups excluding carboxylic acids is 2. The fraction of sp³-hybridized carbons (Fsp3) is 0.718. The number of hydrogen-bond acceptors (Lipinski definition) is 8. The van der Waals surface area contributed by atoms with Crippen LogP contribution < -0.4 is 5.73 Å². The summed E-state index contributed by atoms with van der Waals surface area (Å²) in [5.74, 6) is -0.825. The molecule has 0 fully saturated rings. The lowest BCUT2D eigenvalue weighted by Gasteiger charge is -2.19. The Hall–Kier alpha value is -3.33. The molecule has 0 rings (SSSR count). The summed E-state index contributed by atoms with van der Waals surface area (Å²) in [5.41, 5.74) is 5.39. The summed E-state index contributed by atoms with van der Waals surface area (Å²) in [5, 5.41) is 0. The van der Waals surface area contributed by atoms with Crippen molar-refractivity contribution in [1.82, 2.24) is 0 Å². The van der Waals surface area contributed by atoms with Crippen LogP contribution in [0.25, 0.3) is 0 Å². The van der Waals surface area contributed by atoms with Gasteiger partial charge in [-0.25, -0.2) is 4.57 Å². The van der Waals surface area contributed by atoms with Gasteiger partial charge in [0.05, 0.1) is 13.2 Å². The molecule has 3 N–H and O–H groups in total. The van der Waals surface area contributed by atoms with Crippen LogP contribution in [0.5, 0.6) is 0 Å². The molecule has 0 spiro atoms. The van der Waals surface area contributed by atoms with E-state index in [1.807, 2.05) is 0 Å². The molecule has 0 aliphatic heterocycles. The van der Waals surface area contributed by atoms with Gasteiger partial charge in [-0.15, -0.1) is 0 Å². The summed E-state index contributed by atoms with van der Waals surface area (Å²) in [4.78, 5) is 35.3. The molecule has 0 heterocycles. The Morgan fingerprint density at radius 1 is 0.383 bits per heavy atom. The molecule has 2 atom stereocenters. The monoisotopic (exact) mass is 1150 g/mol. The van der Waals surface area contributed by atoms with E-state index in [1.165, 1.54) is 173 Å². The van der Waals surface area contributed by atoms with Crippen LogP contribution in [-0.2, 0) is 32.7 Å². The zero-order valence-electron chi connectivity index (χ0n) is 52.2. The molecule has 0 amide bonds. The fourth-order valence-electron chi connectivity index (χ4n) is 9.24. The maximum Gasteiger partial charge on any atom is 0.472 e. The van der Waals surface area contributed by atoms with Crippen molar-refractivity contribution in [3.05, 3.63) is 109 Å². The van der Waals surface area contributed by atoms with Gasteiger partial charge in [0.25, 0.3) is 0 Å². The second-order valence-corrected chi connectivity index (χ2v) is 23.4.